The van der Waals surface area contributed by atoms with Crippen LogP contribution in [0.2, 0.25) is 0 Å². The standard InChI is InChI=1S/C22H24N2O2S/c1-14(2)26-19-11-9-18(10-12-19)24-21(25)13-20-22(23-16(4)27-20)17-7-5-15(3)6-8-17/h5-12,14H,13H2,1-4H3,(H,24,25). The van der Waals surface area contributed by atoms with Crippen LogP contribution in [0.15, 0.2) is 48.5 Å². The number of nitrogens with zero attached hydrogens (tertiary/aromatic N) is 1. The normalized spacial score (nSPS) is 10.9. The third-order valence-electron chi connectivity index (χ3n) is 3.96. The van der Waals surface area contributed by atoms with E-state index in [1.807, 2.05) is 45.0 Å². The van der Waals surface area contributed by atoms with Gasteiger partial charge in [0.1, 0.15) is 5.75 Å². The molecule has 0 aliphatic rings. The zero-order valence-electron chi connectivity index (χ0n) is 16.1. The number of aromatic nitrogens is 1. The third kappa shape index (κ3) is 5.17. The van der Waals surface area contributed by atoms with E-state index < -0.39 is 0 Å². The average Bonchev–Trinajstić information content (AvgIpc) is 2.97. The zero-order valence-corrected chi connectivity index (χ0v) is 16.9. The number of benzene rings is 2. The first-order chi connectivity index (χ1) is 12.9. The second-order valence-corrected chi connectivity index (χ2v) is 8.07. The monoisotopic (exact) mass is 380 g/mol. The lowest BCUT2D eigenvalue weighted by molar-refractivity contribution is -0.115. The summed E-state index contributed by atoms with van der Waals surface area (Å²) < 4.78 is 5.63. The highest BCUT2D eigenvalue weighted by Gasteiger charge is 2.15. The number of ether oxygens (including phenoxy) is 1. The first-order valence-electron chi connectivity index (χ1n) is 9.00. The lowest BCUT2D eigenvalue weighted by atomic mass is 10.1. The van der Waals surface area contributed by atoms with Crippen molar-refractivity contribution in [2.24, 2.45) is 0 Å². The minimum absolute atomic E-state index is 0.0514. The molecule has 1 N–H and O–H groups in total. The lowest BCUT2D eigenvalue weighted by Gasteiger charge is -2.10. The fourth-order valence-electron chi connectivity index (χ4n) is 2.77. The van der Waals surface area contributed by atoms with Crippen molar-refractivity contribution < 1.29 is 9.53 Å². The molecule has 0 atom stereocenters. The number of nitrogens with one attached hydrogen (secondary N) is 1. The Kier molecular flexibility index (Phi) is 5.91. The van der Waals surface area contributed by atoms with Gasteiger partial charge in [0.15, 0.2) is 0 Å². The second-order valence-electron chi connectivity index (χ2n) is 6.79. The number of anilines is 1. The number of hydrogen-bond acceptors (Lipinski definition) is 4. The van der Waals surface area contributed by atoms with Crippen molar-refractivity contribution in [3.63, 3.8) is 0 Å². The maximum absolute atomic E-state index is 12.5. The van der Waals surface area contributed by atoms with Gasteiger partial charge in [0.05, 0.1) is 23.2 Å². The first kappa shape index (κ1) is 19.1. The average molecular weight is 381 g/mol. The van der Waals surface area contributed by atoms with Crippen molar-refractivity contribution in [2.45, 2.75) is 40.2 Å². The summed E-state index contributed by atoms with van der Waals surface area (Å²) >= 11 is 1.57. The molecule has 2 aromatic carbocycles. The van der Waals surface area contributed by atoms with Gasteiger partial charge >= 0.3 is 0 Å². The van der Waals surface area contributed by atoms with Gasteiger partial charge in [-0.3, -0.25) is 4.79 Å². The molecular weight excluding hydrogens is 356 g/mol. The van der Waals surface area contributed by atoms with Crippen LogP contribution in [0.4, 0.5) is 5.69 Å². The molecule has 0 spiro atoms. The molecule has 0 saturated heterocycles. The zero-order chi connectivity index (χ0) is 19.4. The Bertz CT molecular complexity index is 912. The van der Waals surface area contributed by atoms with Crippen LogP contribution in [0.5, 0.6) is 5.75 Å². The highest BCUT2D eigenvalue weighted by atomic mass is 32.1. The molecule has 0 saturated carbocycles. The van der Waals surface area contributed by atoms with Crippen molar-refractivity contribution in [2.75, 3.05) is 5.32 Å². The summed E-state index contributed by atoms with van der Waals surface area (Å²) in [5.74, 6) is 0.743. The number of amides is 1. The minimum Gasteiger partial charge on any atom is -0.491 e. The number of carbonyl (C=O) groups excluding carboxylic acids is 1. The second kappa shape index (κ2) is 8.35. The van der Waals surface area contributed by atoms with Gasteiger partial charge in [-0.05, 0) is 52.0 Å². The van der Waals surface area contributed by atoms with Crippen LogP contribution in [-0.2, 0) is 11.2 Å². The van der Waals surface area contributed by atoms with Gasteiger partial charge in [-0.25, -0.2) is 4.98 Å². The molecule has 27 heavy (non-hydrogen) atoms. The maximum Gasteiger partial charge on any atom is 0.229 e. The van der Waals surface area contributed by atoms with E-state index in [4.69, 9.17) is 4.74 Å². The number of carbonyl (C=O) groups is 1. The Hall–Kier alpha value is -2.66. The van der Waals surface area contributed by atoms with Crippen LogP contribution in [0, 0.1) is 13.8 Å². The van der Waals surface area contributed by atoms with Gasteiger partial charge in [0.25, 0.3) is 0 Å². The van der Waals surface area contributed by atoms with E-state index in [-0.39, 0.29) is 12.0 Å². The molecule has 4 nitrogen and oxygen atoms in total. The van der Waals surface area contributed by atoms with Crippen LogP contribution >= 0.6 is 11.3 Å². The molecule has 0 bridgehead atoms. The fourth-order valence-corrected chi connectivity index (χ4v) is 3.72. The molecule has 1 aromatic heterocycles. The topological polar surface area (TPSA) is 51.2 Å². The minimum atomic E-state index is -0.0514. The van der Waals surface area contributed by atoms with E-state index in [2.05, 4.69) is 41.5 Å². The van der Waals surface area contributed by atoms with E-state index in [0.717, 1.165) is 32.6 Å². The van der Waals surface area contributed by atoms with E-state index in [0.29, 0.717) is 6.42 Å². The van der Waals surface area contributed by atoms with Crippen LogP contribution in [-0.4, -0.2) is 17.0 Å². The van der Waals surface area contributed by atoms with Gasteiger partial charge in [-0.15, -0.1) is 11.3 Å². The predicted molar refractivity (Wildman–Crippen MR) is 112 cm³/mol. The van der Waals surface area contributed by atoms with E-state index >= 15 is 0 Å². The molecule has 3 rings (SSSR count). The molecular formula is C22H24N2O2S. The van der Waals surface area contributed by atoms with Crippen molar-refractivity contribution in [3.8, 4) is 17.0 Å². The Morgan fingerprint density at radius 1 is 1.07 bits per heavy atom. The highest BCUT2D eigenvalue weighted by Crippen LogP contribution is 2.29. The van der Waals surface area contributed by atoms with E-state index in [1.54, 1.807) is 11.3 Å². The van der Waals surface area contributed by atoms with Crippen molar-refractivity contribution >= 4 is 22.9 Å². The predicted octanol–water partition coefficient (Wildman–Crippen LogP) is 5.40. The Morgan fingerprint density at radius 3 is 2.37 bits per heavy atom. The highest BCUT2D eigenvalue weighted by molar-refractivity contribution is 7.12. The van der Waals surface area contributed by atoms with Crippen molar-refractivity contribution in [3.05, 3.63) is 64.0 Å². The largest absolute Gasteiger partial charge is 0.491 e. The molecule has 0 aliphatic carbocycles. The summed E-state index contributed by atoms with van der Waals surface area (Å²) in [4.78, 5) is 18.1. The molecule has 5 heteroatoms. The molecule has 0 radical (unpaired) electrons. The summed E-state index contributed by atoms with van der Waals surface area (Å²) in [5.41, 5.74) is 3.90. The van der Waals surface area contributed by atoms with Gasteiger partial charge < -0.3 is 10.1 Å². The third-order valence-corrected chi connectivity index (χ3v) is 4.93. The van der Waals surface area contributed by atoms with E-state index in [9.17, 15) is 4.79 Å². The Labute approximate surface area is 164 Å². The number of thiazole rings is 1. The maximum atomic E-state index is 12.5. The number of rotatable bonds is 6. The van der Waals surface area contributed by atoms with Crippen LogP contribution in [0.25, 0.3) is 11.3 Å². The molecule has 0 fully saturated rings. The molecule has 1 heterocycles. The van der Waals surface area contributed by atoms with Gasteiger partial charge in [0, 0.05) is 16.1 Å². The molecule has 3 aromatic rings. The van der Waals surface area contributed by atoms with E-state index in [1.165, 1.54) is 5.56 Å². The summed E-state index contributed by atoms with van der Waals surface area (Å²) in [6.45, 7) is 8.00. The SMILES string of the molecule is Cc1ccc(-c2nc(C)sc2CC(=O)Nc2ccc(OC(C)C)cc2)cc1. The molecule has 140 valence electrons. The smallest absolute Gasteiger partial charge is 0.229 e. The van der Waals surface area contributed by atoms with Crippen molar-refractivity contribution in [1.29, 1.82) is 0 Å². The lowest BCUT2D eigenvalue weighted by Crippen LogP contribution is -2.14. The summed E-state index contributed by atoms with van der Waals surface area (Å²) in [6, 6.07) is 15.7. The van der Waals surface area contributed by atoms with Gasteiger partial charge in [-0.1, -0.05) is 29.8 Å². The Balaban J connectivity index is 1.70. The Morgan fingerprint density at radius 2 is 1.74 bits per heavy atom. The van der Waals surface area contributed by atoms with Crippen LogP contribution < -0.4 is 10.1 Å². The first-order valence-corrected chi connectivity index (χ1v) is 9.82. The number of aryl methyl sites for hydroxylation is 2. The number of hydrogen-bond donors (Lipinski definition) is 1. The summed E-state index contributed by atoms with van der Waals surface area (Å²) in [6.07, 6.45) is 0.430. The molecule has 0 unspecified atom stereocenters. The van der Waals surface area contributed by atoms with Crippen LogP contribution in [0.3, 0.4) is 0 Å². The summed E-state index contributed by atoms with van der Waals surface area (Å²) in [7, 11) is 0. The molecule has 1 amide bonds. The molecule has 0 aliphatic heterocycles. The quantitative estimate of drug-likeness (QED) is 0.623. The fraction of sp³-hybridized carbons (Fsp3) is 0.273. The summed E-state index contributed by atoms with van der Waals surface area (Å²) in [5, 5.41) is 3.91. The van der Waals surface area contributed by atoms with Crippen LogP contribution in [0.1, 0.15) is 29.3 Å². The van der Waals surface area contributed by atoms with Gasteiger partial charge in [0.2, 0.25) is 5.91 Å². The van der Waals surface area contributed by atoms with Crippen molar-refractivity contribution in [1.82, 2.24) is 4.98 Å². The van der Waals surface area contributed by atoms with Gasteiger partial charge in [-0.2, -0.15) is 0 Å².